The molecule has 2 heterocycles. The standard InChI is InChI=1S/C10H17N3O2/c14-9-10(12-3-1-11-2-4-12)13-5-7-15-8-6-13/h11H,1-8H2. The van der Waals surface area contributed by atoms with Crippen LogP contribution in [0.3, 0.4) is 0 Å². The van der Waals surface area contributed by atoms with Crippen molar-refractivity contribution >= 4 is 5.94 Å². The highest BCUT2D eigenvalue weighted by Gasteiger charge is 2.21. The van der Waals surface area contributed by atoms with Crippen molar-refractivity contribution in [3.63, 3.8) is 0 Å². The summed E-state index contributed by atoms with van der Waals surface area (Å²) in [5, 5.41) is 3.27. The van der Waals surface area contributed by atoms with Crippen LogP contribution >= 0.6 is 0 Å². The molecule has 0 aliphatic carbocycles. The molecule has 0 atom stereocenters. The number of nitrogens with zero attached hydrogens (tertiary/aromatic N) is 2. The molecule has 15 heavy (non-hydrogen) atoms. The fourth-order valence-corrected chi connectivity index (χ4v) is 1.98. The van der Waals surface area contributed by atoms with Crippen molar-refractivity contribution in [3.8, 4) is 0 Å². The minimum Gasteiger partial charge on any atom is -0.378 e. The summed E-state index contributed by atoms with van der Waals surface area (Å²) in [5.74, 6) is 2.78. The molecule has 0 saturated carbocycles. The maximum absolute atomic E-state index is 11.0. The highest BCUT2D eigenvalue weighted by molar-refractivity contribution is 5.51. The van der Waals surface area contributed by atoms with Crippen molar-refractivity contribution in [1.29, 1.82) is 0 Å². The van der Waals surface area contributed by atoms with E-state index in [0.717, 1.165) is 39.3 Å². The molecule has 0 spiro atoms. The number of ether oxygens (including phenoxy) is 1. The Hall–Kier alpha value is -1.03. The summed E-state index contributed by atoms with van der Waals surface area (Å²) in [6, 6.07) is 0. The first-order valence-corrected chi connectivity index (χ1v) is 5.45. The van der Waals surface area contributed by atoms with Gasteiger partial charge in [0.15, 0.2) is 11.8 Å². The predicted octanol–water partition coefficient (Wildman–Crippen LogP) is -1.10. The van der Waals surface area contributed by atoms with Crippen LogP contribution in [0.5, 0.6) is 0 Å². The van der Waals surface area contributed by atoms with Gasteiger partial charge in [0.25, 0.3) is 0 Å². The minimum absolute atomic E-state index is 0.706. The molecule has 0 unspecified atom stereocenters. The van der Waals surface area contributed by atoms with Gasteiger partial charge in [-0.2, -0.15) is 0 Å². The number of morpholine rings is 1. The molecular weight excluding hydrogens is 194 g/mol. The van der Waals surface area contributed by atoms with Crippen LogP contribution in [-0.4, -0.2) is 68.2 Å². The van der Waals surface area contributed by atoms with Gasteiger partial charge in [-0.3, -0.25) is 0 Å². The molecule has 5 heteroatoms. The highest BCUT2D eigenvalue weighted by Crippen LogP contribution is 2.10. The third kappa shape index (κ3) is 2.50. The SMILES string of the molecule is O=C=C(N1CCNCC1)N1CCOCC1. The van der Waals surface area contributed by atoms with Gasteiger partial charge in [-0.15, -0.1) is 0 Å². The quantitative estimate of drug-likeness (QED) is 0.587. The molecule has 5 nitrogen and oxygen atoms in total. The Morgan fingerprint density at radius 2 is 1.67 bits per heavy atom. The van der Waals surface area contributed by atoms with Crippen LogP contribution in [0.1, 0.15) is 0 Å². The van der Waals surface area contributed by atoms with Crippen LogP contribution in [0.4, 0.5) is 0 Å². The van der Waals surface area contributed by atoms with Gasteiger partial charge >= 0.3 is 0 Å². The third-order valence-corrected chi connectivity index (χ3v) is 2.82. The zero-order chi connectivity index (χ0) is 10.5. The van der Waals surface area contributed by atoms with Gasteiger partial charge in [0.1, 0.15) is 0 Å². The van der Waals surface area contributed by atoms with E-state index in [4.69, 9.17) is 4.74 Å². The van der Waals surface area contributed by atoms with Gasteiger partial charge in [0.05, 0.1) is 13.2 Å². The fourth-order valence-electron chi connectivity index (χ4n) is 1.98. The molecule has 84 valence electrons. The average molecular weight is 211 g/mol. The molecule has 0 aromatic carbocycles. The molecule has 2 rings (SSSR count). The van der Waals surface area contributed by atoms with Crippen LogP contribution in [0.25, 0.3) is 0 Å². The zero-order valence-electron chi connectivity index (χ0n) is 8.87. The minimum atomic E-state index is 0.706. The van der Waals surface area contributed by atoms with Gasteiger partial charge in [0.2, 0.25) is 0 Å². The Morgan fingerprint density at radius 1 is 1.07 bits per heavy atom. The first kappa shape index (κ1) is 10.5. The van der Waals surface area contributed by atoms with Gasteiger partial charge in [-0.05, 0) is 0 Å². The normalized spacial score (nSPS) is 22.4. The van der Waals surface area contributed by atoms with E-state index in [1.807, 2.05) is 0 Å². The molecule has 0 aromatic heterocycles. The van der Waals surface area contributed by atoms with Gasteiger partial charge in [-0.25, -0.2) is 4.79 Å². The molecular formula is C10H17N3O2. The van der Waals surface area contributed by atoms with Gasteiger partial charge < -0.3 is 19.9 Å². The van der Waals surface area contributed by atoms with Gasteiger partial charge in [0, 0.05) is 39.3 Å². The lowest BCUT2D eigenvalue weighted by atomic mass is 10.3. The van der Waals surface area contributed by atoms with Crippen LogP contribution in [-0.2, 0) is 9.53 Å². The number of rotatable bonds is 2. The van der Waals surface area contributed by atoms with Crippen LogP contribution < -0.4 is 5.32 Å². The Bertz CT molecular complexity index is 231. The van der Waals surface area contributed by atoms with Crippen molar-refractivity contribution in [2.24, 2.45) is 0 Å². The second kappa shape index (κ2) is 5.16. The fraction of sp³-hybridized carbons (Fsp3) is 0.800. The first-order valence-electron chi connectivity index (χ1n) is 5.45. The maximum Gasteiger partial charge on any atom is 0.191 e. The molecule has 0 aromatic rings. The Morgan fingerprint density at radius 3 is 2.27 bits per heavy atom. The van der Waals surface area contributed by atoms with Crippen molar-refractivity contribution in [2.75, 3.05) is 52.5 Å². The van der Waals surface area contributed by atoms with Crippen LogP contribution in [0, 0.1) is 0 Å². The van der Waals surface area contributed by atoms with Crippen molar-refractivity contribution < 1.29 is 9.53 Å². The van der Waals surface area contributed by atoms with Gasteiger partial charge in [-0.1, -0.05) is 0 Å². The Kier molecular flexibility index (Phi) is 3.61. The van der Waals surface area contributed by atoms with E-state index in [1.54, 1.807) is 0 Å². The summed E-state index contributed by atoms with van der Waals surface area (Å²) >= 11 is 0. The van der Waals surface area contributed by atoms with Crippen LogP contribution in [0.15, 0.2) is 5.82 Å². The number of piperazine rings is 1. The molecule has 0 bridgehead atoms. The topological polar surface area (TPSA) is 44.8 Å². The van der Waals surface area contributed by atoms with Crippen molar-refractivity contribution in [1.82, 2.24) is 15.1 Å². The third-order valence-electron chi connectivity index (χ3n) is 2.82. The van der Waals surface area contributed by atoms with E-state index in [2.05, 4.69) is 21.1 Å². The maximum atomic E-state index is 11.0. The lowest BCUT2D eigenvalue weighted by Crippen LogP contribution is -2.49. The number of hydrogen-bond acceptors (Lipinski definition) is 5. The molecule has 2 aliphatic rings. The van der Waals surface area contributed by atoms with E-state index in [9.17, 15) is 4.79 Å². The van der Waals surface area contributed by atoms with E-state index in [-0.39, 0.29) is 0 Å². The van der Waals surface area contributed by atoms with Crippen LogP contribution in [0.2, 0.25) is 0 Å². The zero-order valence-corrected chi connectivity index (χ0v) is 8.87. The molecule has 0 amide bonds. The van der Waals surface area contributed by atoms with E-state index in [1.165, 1.54) is 0 Å². The summed E-state index contributed by atoms with van der Waals surface area (Å²) in [6.07, 6.45) is 0. The highest BCUT2D eigenvalue weighted by atomic mass is 16.5. The molecule has 1 N–H and O–H groups in total. The van der Waals surface area contributed by atoms with E-state index >= 15 is 0 Å². The Balaban J connectivity index is 1.99. The average Bonchev–Trinajstić information content (AvgIpc) is 2.33. The number of nitrogens with one attached hydrogen (secondary N) is 1. The molecule has 0 radical (unpaired) electrons. The largest absolute Gasteiger partial charge is 0.378 e. The summed E-state index contributed by atoms with van der Waals surface area (Å²) in [7, 11) is 0. The second-order valence-corrected chi connectivity index (χ2v) is 3.76. The lowest BCUT2D eigenvalue weighted by Gasteiger charge is -2.37. The number of carbonyl (C=O) groups excluding carboxylic acids is 1. The molecule has 2 aliphatic heterocycles. The monoisotopic (exact) mass is 211 g/mol. The second-order valence-electron chi connectivity index (χ2n) is 3.76. The molecule has 2 fully saturated rings. The summed E-state index contributed by atoms with van der Waals surface area (Å²) in [5.41, 5.74) is 0. The lowest BCUT2D eigenvalue weighted by molar-refractivity contribution is 0.0374. The Labute approximate surface area is 89.7 Å². The predicted molar refractivity (Wildman–Crippen MR) is 56.0 cm³/mol. The smallest absolute Gasteiger partial charge is 0.191 e. The number of hydrogen-bond donors (Lipinski definition) is 1. The van der Waals surface area contributed by atoms with E-state index in [0.29, 0.717) is 19.0 Å². The summed E-state index contributed by atoms with van der Waals surface area (Å²) < 4.78 is 5.27. The van der Waals surface area contributed by atoms with E-state index < -0.39 is 0 Å². The first-order chi connectivity index (χ1) is 7.42. The van der Waals surface area contributed by atoms with Crippen molar-refractivity contribution in [2.45, 2.75) is 0 Å². The van der Waals surface area contributed by atoms with Crippen molar-refractivity contribution in [3.05, 3.63) is 5.82 Å². The summed E-state index contributed by atoms with van der Waals surface area (Å²) in [6.45, 7) is 6.67. The molecule has 2 saturated heterocycles. The summed E-state index contributed by atoms with van der Waals surface area (Å²) in [4.78, 5) is 15.2.